The SMILES string of the molecule is CNc1cncc(-c2ncccc2OC)n1. The number of hydrogen-bond acceptors (Lipinski definition) is 5. The summed E-state index contributed by atoms with van der Waals surface area (Å²) in [5, 5.41) is 2.93. The second-order valence-corrected chi connectivity index (χ2v) is 3.09. The first kappa shape index (κ1) is 10.4. The highest BCUT2D eigenvalue weighted by Gasteiger charge is 2.08. The maximum atomic E-state index is 5.22. The Morgan fingerprint density at radius 3 is 2.94 bits per heavy atom. The highest BCUT2D eigenvalue weighted by atomic mass is 16.5. The number of methoxy groups -OCH3 is 1. The molecule has 2 aromatic heterocycles. The monoisotopic (exact) mass is 216 g/mol. The van der Waals surface area contributed by atoms with Gasteiger partial charge in [0.25, 0.3) is 0 Å². The zero-order chi connectivity index (χ0) is 11.4. The van der Waals surface area contributed by atoms with E-state index in [2.05, 4.69) is 20.3 Å². The molecule has 0 atom stereocenters. The van der Waals surface area contributed by atoms with Crippen molar-refractivity contribution in [3.05, 3.63) is 30.7 Å². The van der Waals surface area contributed by atoms with Crippen LogP contribution in [0.3, 0.4) is 0 Å². The summed E-state index contributed by atoms with van der Waals surface area (Å²) < 4.78 is 5.22. The molecular weight excluding hydrogens is 204 g/mol. The van der Waals surface area contributed by atoms with Gasteiger partial charge in [-0.25, -0.2) is 4.98 Å². The van der Waals surface area contributed by atoms with Crippen molar-refractivity contribution in [3.63, 3.8) is 0 Å². The standard InChI is InChI=1S/C11H12N4O/c1-12-10-7-13-6-8(15-10)11-9(16-2)4-3-5-14-11/h3-7H,1-2H3,(H,12,15). The second-order valence-electron chi connectivity index (χ2n) is 3.09. The Balaban J connectivity index is 2.49. The summed E-state index contributed by atoms with van der Waals surface area (Å²) in [6.45, 7) is 0. The number of nitrogens with one attached hydrogen (secondary N) is 1. The summed E-state index contributed by atoms with van der Waals surface area (Å²) in [6, 6.07) is 3.66. The molecule has 2 aromatic rings. The smallest absolute Gasteiger partial charge is 0.146 e. The third kappa shape index (κ3) is 1.93. The molecule has 0 aliphatic carbocycles. The molecule has 0 aliphatic heterocycles. The Hall–Kier alpha value is -2.17. The fourth-order valence-electron chi connectivity index (χ4n) is 1.35. The van der Waals surface area contributed by atoms with Crippen LogP contribution in [0.5, 0.6) is 5.75 Å². The summed E-state index contributed by atoms with van der Waals surface area (Å²) in [4.78, 5) is 12.7. The van der Waals surface area contributed by atoms with Gasteiger partial charge in [0.2, 0.25) is 0 Å². The molecule has 0 amide bonds. The van der Waals surface area contributed by atoms with E-state index in [0.717, 1.165) is 0 Å². The molecule has 5 heteroatoms. The molecule has 16 heavy (non-hydrogen) atoms. The summed E-state index contributed by atoms with van der Waals surface area (Å²) in [7, 11) is 3.40. The molecule has 0 aromatic carbocycles. The van der Waals surface area contributed by atoms with Crippen LogP contribution >= 0.6 is 0 Å². The van der Waals surface area contributed by atoms with Crippen molar-refractivity contribution in [1.82, 2.24) is 15.0 Å². The lowest BCUT2D eigenvalue weighted by atomic mass is 10.2. The molecule has 2 heterocycles. The van der Waals surface area contributed by atoms with E-state index in [-0.39, 0.29) is 0 Å². The first-order chi connectivity index (χ1) is 7.85. The molecule has 0 saturated carbocycles. The van der Waals surface area contributed by atoms with Crippen LogP contribution in [-0.4, -0.2) is 29.1 Å². The van der Waals surface area contributed by atoms with E-state index >= 15 is 0 Å². The summed E-state index contributed by atoms with van der Waals surface area (Å²) in [5.41, 5.74) is 1.37. The van der Waals surface area contributed by atoms with E-state index in [0.29, 0.717) is 23.0 Å². The minimum absolute atomic E-state index is 0.685. The maximum absolute atomic E-state index is 5.22. The van der Waals surface area contributed by atoms with Crippen molar-refractivity contribution in [3.8, 4) is 17.1 Å². The van der Waals surface area contributed by atoms with Gasteiger partial charge in [-0.3, -0.25) is 9.97 Å². The topological polar surface area (TPSA) is 59.9 Å². The van der Waals surface area contributed by atoms with Crippen LogP contribution in [0.2, 0.25) is 0 Å². The highest BCUT2D eigenvalue weighted by Crippen LogP contribution is 2.25. The average Bonchev–Trinajstić information content (AvgIpc) is 2.38. The van der Waals surface area contributed by atoms with Gasteiger partial charge >= 0.3 is 0 Å². The molecule has 0 aliphatic rings. The Morgan fingerprint density at radius 2 is 2.19 bits per heavy atom. The van der Waals surface area contributed by atoms with Crippen molar-refractivity contribution in [1.29, 1.82) is 0 Å². The Kier molecular flexibility index (Phi) is 2.95. The van der Waals surface area contributed by atoms with E-state index in [1.165, 1.54) is 0 Å². The van der Waals surface area contributed by atoms with E-state index in [9.17, 15) is 0 Å². The maximum Gasteiger partial charge on any atom is 0.146 e. The molecule has 0 saturated heterocycles. The van der Waals surface area contributed by atoms with Gasteiger partial charge < -0.3 is 10.1 Å². The lowest BCUT2D eigenvalue weighted by Crippen LogP contribution is -1.97. The van der Waals surface area contributed by atoms with E-state index in [1.807, 2.05) is 12.1 Å². The fraction of sp³-hybridized carbons (Fsp3) is 0.182. The number of anilines is 1. The van der Waals surface area contributed by atoms with Gasteiger partial charge in [-0.05, 0) is 12.1 Å². The van der Waals surface area contributed by atoms with Crippen LogP contribution in [0.4, 0.5) is 5.82 Å². The Morgan fingerprint density at radius 1 is 1.31 bits per heavy atom. The average molecular weight is 216 g/mol. The van der Waals surface area contributed by atoms with Gasteiger partial charge in [-0.1, -0.05) is 0 Å². The molecule has 1 N–H and O–H groups in total. The molecule has 0 unspecified atom stereocenters. The van der Waals surface area contributed by atoms with Gasteiger partial charge in [0.1, 0.15) is 23.0 Å². The summed E-state index contributed by atoms with van der Waals surface area (Å²) >= 11 is 0. The molecule has 0 spiro atoms. The van der Waals surface area contributed by atoms with Crippen LogP contribution in [0.15, 0.2) is 30.7 Å². The number of pyridine rings is 1. The first-order valence-electron chi connectivity index (χ1n) is 4.84. The van der Waals surface area contributed by atoms with Gasteiger partial charge in [0.05, 0.1) is 19.5 Å². The van der Waals surface area contributed by atoms with Gasteiger partial charge in [-0.2, -0.15) is 0 Å². The predicted octanol–water partition coefficient (Wildman–Crippen LogP) is 1.59. The largest absolute Gasteiger partial charge is 0.494 e. The third-order valence-corrected chi connectivity index (χ3v) is 2.12. The lowest BCUT2D eigenvalue weighted by molar-refractivity contribution is 0.414. The molecular formula is C11H12N4O. The normalized spacial score (nSPS) is 9.88. The molecule has 0 bridgehead atoms. The van der Waals surface area contributed by atoms with E-state index in [4.69, 9.17) is 4.74 Å². The number of nitrogens with zero attached hydrogens (tertiary/aromatic N) is 3. The third-order valence-electron chi connectivity index (χ3n) is 2.12. The van der Waals surface area contributed by atoms with E-state index in [1.54, 1.807) is 32.7 Å². The van der Waals surface area contributed by atoms with Crippen LogP contribution < -0.4 is 10.1 Å². The fourth-order valence-corrected chi connectivity index (χ4v) is 1.35. The van der Waals surface area contributed by atoms with Gasteiger partial charge in [0, 0.05) is 13.2 Å². The minimum Gasteiger partial charge on any atom is -0.494 e. The highest BCUT2D eigenvalue weighted by molar-refractivity contribution is 5.62. The van der Waals surface area contributed by atoms with Crippen molar-refractivity contribution in [2.24, 2.45) is 0 Å². The summed E-state index contributed by atoms with van der Waals surface area (Å²) in [5.74, 6) is 1.38. The number of hydrogen-bond donors (Lipinski definition) is 1. The van der Waals surface area contributed by atoms with Crippen molar-refractivity contribution < 1.29 is 4.74 Å². The Bertz CT molecular complexity index is 487. The predicted molar refractivity (Wildman–Crippen MR) is 61.4 cm³/mol. The molecule has 82 valence electrons. The van der Waals surface area contributed by atoms with Gasteiger partial charge in [0.15, 0.2) is 0 Å². The minimum atomic E-state index is 0.685. The van der Waals surface area contributed by atoms with E-state index < -0.39 is 0 Å². The van der Waals surface area contributed by atoms with Crippen LogP contribution in [-0.2, 0) is 0 Å². The zero-order valence-electron chi connectivity index (χ0n) is 9.14. The number of rotatable bonds is 3. The molecule has 0 radical (unpaired) electrons. The second kappa shape index (κ2) is 4.57. The molecule has 5 nitrogen and oxygen atoms in total. The van der Waals surface area contributed by atoms with Crippen molar-refractivity contribution >= 4 is 5.82 Å². The quantitative estimate of drug-likeness (QED) is 0.844. The lowest BCUT2D eigenvalue weighted by Gasteiger charge is -2.06. The molecule has 2 rings (SSSR count). The molecule has 0 fully saturated rings. The van der Waals surface area contributed by atoms with Crippen molar-refractivity contribution in [2.75, 3.05) is 19.5 Å². The van der Waals surface area contributed by atoms with Crippen LogP contribution in [0, 0.1) is 0 Å². The zero-order valence-corrected chi connectivity index (χ0v) is 9.14. The number of aromatic nitrogens is 3. The Labute approximate surface area is 93.5 Å². The van der Waals surface area contributed by atoms with Gasteiger partial charge in [-0.15, -0.1) is 0 Å². The first-order valence-corrected chi connectivity index (χ1v) is 4.84. The van der Waals surface area contributed by atoms with Crippen LogP contribution in [0.1, 0.15) is 0 Å². The van der Waals surface area contributed by atoms with Crippen molar-refractivity contribution in [2.45, 2.75) is 0 Å². The van der Waals surface area contributed by atoms with Crippen LogP contribution in [0.25, 0.3) is 11.4 Å². The summed E-state index contributed by atoms with van der Waals surface area (Å²) in [6.07, 6.45) is 5.01. The number of ether oxygens (including phenoxy) is 1.